The van der Waals surface area contributed by atoms with Crippen molar-refractivity contribution in [1.29, 1.82) is 0 Å². The van der Waals surface area contributed by atoms with Crippen LogP contribution in [0.5, 0.6) is 0 Å². The van der Waals surface area contributed by atoms with Gasteiger partial charge < -0.3 is 5.32 Å². The van der Waals surface area contributed by atoms with Gasteiger partial charge >= 0.3 is 0 Å². The third kappa shape index (κ3) is 3.17. The molecule has 0 atom stereocenters. The van der Waals surface area contributed by atoms with Gasteiger partial charge in [0, 0.05) is 12.7 Å². The molecule has 0 radical (unpaired) electrons. The third-order valence-electron chi connectivity index (χ3n) is 2.23. The Morgan fingerprint density at radius 2 is 2.18 bits per heavy atom. The lowest BCUT2D eigenvalue weighted by Crippen LogP contribution is -2.00. The first-order valence-electron chi connectivity index (χ1n) is 4.95. The molecular formula is C12H9BrClFN2. The average Bonchev–Trinajstić information content (AvgIpc) is 2.32. The second-order valence-corrected chi connectivity index (χ2v) is 4.66. The molecule has 17 heavy (non-hydrogen) atoms. The summed E-state index contributed by atoms with van der Waals surface area (Å²) in [5.41, 5.74) is 1.72. The van der Waals surface area contributed by atoms with Crippen molar-refractivity contribution in [3.63, 3.8) is 0 Å². The Kier molecular flexibility index (Phi) is 3.97. The number of pyridine rings is 1. The Morgan fingerprint density at radius 1 is 1.35 bits per heavy atom. The number of hydrogen-bond acceptors (Lipinski definition) is 2. The van der Waals surface area contributed by atoms with Crippen LogP contribution in [0.25, 0.3) is 0 Å². The van der Waals surface area contributed by atoms with Crippen LogP contribution in [0.15, 0.2) is 41.0 Å². The SMILES string of the molecule is Fc1ccc(CNc2cccnc2Cl)cc1Br. The van der Waals surface area contributed by atoms with Crippen molar-refractivity contribution < 1.29 is 4.39 Å². The average molecular weight is 316 g/mol. The highest BCUT2D eigenvalue weighted by atomic mass is 79.9. The minimum absolute atomic E-state index is 0.270. The Labute approximate surface area is 112 Å². The highest BCUT2D eigenvalue weighted by Crippen LogP contribution is 2.20. The fourth-order valence-corrected chi connectivity index (χ4v) is 1.98. The first-order chi connectivity index (χ1) is 8.16. The van der Waals surface area contributed by atoms with E-state index < -0.39 is 0 Å². The molecule has 0 saturated carbocycles. The molecule has 2 nitrogen and oxygen atoms in total. The van der Waals surface area contributed by atoms with Gasteiger partial charge in [-0.1, -0.05) is 17.7 Å². The van der Waals surface area contributed by atoms with E-state index in [1.165, 1.54) is 6.07 Å². The van der Waals surface area contributed by atoms with Gasteiger partial charge in [0.1, 0.15) is 5.82 Å². The fourth-order valence-electron chi connectivity index (χ4n) is 1.36. The zero-order valence-electron chi connectivity index (χ0n) is 8.75. The number of halogens is 3. The largest absolute Gasteiger partial charge is 0.378 e. The van der Waals surface area contributed by atoms with Gasteiger partial charge in [0.05, 0.1) is 10.2 Å². The summed E-state index contributed by atoms with van der Waals surface area (Å²) in [5.74, 6) is -0.270. The van der Waals surface area contributed by atoms with Gasteiger partial charge in [-0.05, 0) is 45.8 Å². The molecule has 1 N–H and O–H groups in total. The van der Waals surface area contributed by atoms with E-state index in [2.05, 4.69) is 26.2 Å². The highest BCUT2D eigenvalue weighted by Gasteiger charge is 2.02. The standard InChI is InChI=1S/C12H9BrClFN2/c13-9-6-8(3-4-10(9)15)7-17-11-2-1-5-16-12(11)14/h1-6,17H,7H2. The summed E-state index contributed by atoms with van der Waals surface area (Å²) >= 11 is 9.05. The molecule has 1 heterocycles. The highest BCUT2D eigenvalue weighted by molar-refractivity contribution is 9.10. The van der Waals surface area contributed by atoms with Gasteiger partial charge in [0.15, 0.2) is 5.15 Å². The first-order valence-corrected chi connectivity index (χ1v) is 6.12. The zero-order chi connectivity index (χ0) is 12.3. The number of hydrogen-bond donors (Lipinski definition) is 1. The van der Waals surface area contributed by atoms with Gasteiger partial charge in [0.2, 0.25) is 0 Å². The number of nitrogens with zero attached hydrogens (tertiary/aromatic N) is 1. The van der Waals surface area contributed by atoms with E-state index in [0.29, 0.717) is 16.2 Å². The lowest BCUT2D eigenvalue weighted by Gasteiger charge is -2.08. The summed E-state index contributed by atoms with van der Waals surface area (Å²) in [4.78, 5) is 3.96. The van der Waals surface area contributed by atoms with Crippen LogP contribution in [0.3, 0.4) is 0 Å². The molecule has 0 spiro atoms. The lowest BCUT2D eigenvalue weighted by molar-refractivity contribution is 0.620. The van der Waals surface area contributed by atoms with Crippen molar-refractivity contribution in [2.75, 3.05) is 5.32 Å². The van der Waals surface area contributed by atoms with Crippen LogP contribution in [-0.4, -0.2) is 4.98 Å². The molecule has 0 aliphatic carbocycles. The molecule has 0 saturated heterocycles. The number of nitrogens with one attached hydrogen (secondary N) is 1. The summed E-state index contributed by atoms with van der Waals surface area (Å²) in [5, 5.41) is 3.56. The third-order valence-corrected chi connectivity index (χ3v) is 3.13. The van der Waals surface area contributed by atoms with Gasteiger partial charge in [0.25, 0.3) is 0 Å². The maximum absolute atomic E-state index is 13.0. The van der Waals surface area contributed by atoms with E-state index in [1.54, 1.807) is 24.4 Å². The Bertz CT molecular complexity index is 534. The van der Waals surface area contributed by atoms with Gasteiger partial charge in [-0.2, -0.15) is 0 Å². The minimum atomic E-state index is -0.270. The molecule has 88 valence electrons. The molecule has 0 bridgehead atoms. The van der Waals surface area contributed by atoms with Gasteiger partial charge in [-0.3, -0.25) is 0 Å². The van der Waals surface area contributed by atoms with Crippen molar-refractivity contribution in [3.8, 4) is 0 Å². The van der Waals surface area contributed by atoms with Gasteiger partial charge in [-0.15, -0.1) is 0 Å². The van der Waals surface area contributed by atoms with Crippen LogP contribution >= 0.6 is 27.5 Å². The van der Waals surface area contributed by atoms with Crippen molar-refractivity contribution in [2.24, 2.45) is 0 Å². The molecule has 0 fully saturated rings. The molecule has 0 aliphatic heterocycles. The van der Waals surface area contributed by atoms with Crippen LogP contribution in [0.4, 0.5) is 10.1 Å². The second-order valence-electron chi connectivity index (χ2n) is 3.44. The molecule has 0 unspecified atom stereocenters. The number of rotatable bonds is 3. The smallest absolute Gasteiger partial charge is 0.152 e. The topological polar surface area (TPSA) is 24.9 Å². The van der Waals surface area contributed by atoms with E-state index in [0.717, 1.165) is 11.3 Å². The van der Waals surface area contributed by atoms with E-state index in [-0.39, 0.29) is 5.82 Å². The normalized spacial score (nSPS) is 10.3. The Morgan fingerprint density at radius 3 is 2.88 bits per heavy atom. The second kappa shape index (κ2) is 5.47. The number of aromatic nitrogens is 1. The van der Waals surface area contributed by atoms with Crippen LogP contribution in [0.2, 0.25) is 5.15 Å². The molecule has 1 aromatic heterocycles. The monoisotopic (exact) mass is 314 g/mol. The van der Waals surface area contributed by atoms with Crippen LogP contribution < -0.4 is 5.32 Å². The Hall–Kier alpha value is -1.13. The minimum Gasteiger partial charge on any atom is -0.378 e. The van der Waals surface area contributed by atoms with E-state index in [9.17, 15) is 4.39 Å². The summed E-state index contributed by atoms with van der Waals surface area (Å²) in [6, 6.07) is 8.51. The number of benzene rings is 1. The predicted octanol–water partition coefficient (Wildman–Crippen LogP) is 4.25. The molecule has 0 aliphatic rings. The summed E-state index contributed by atoms with van der Waals surface area (Å²) in [7, 11) is 0. The van der Waals surface area contributed by atoms with Crippen molar-refractivity contribution in [1.82, 2.24) is 4.98 Å². The van der Waals surface area contributed by atoms with Crippen molar-refractivity contribution in [2.45, 2.75) is 6.54 Å². The lowest BCUT2D eigenvalue weighted by atomic mass is 10.2. The van der Waals surface area contributed by atoms with Crippen LogP contribution in [-0.2, 0) is 6.54 Å². The first kappa shape index (κ1) is 12.3. The molecule has 2 rings (SSSR count). The summed E-state index contributed by atoms with van der Waals surface area (Å²) in [6.45, 7) is 0.560. The number of anilines is 1. The maximum Gasteiger partial charge on any atom is 0.152 e. The van der Waals surface area contributed by atoms with Gasteiger partial charge in [-0.25, -0.2) is 9.37 Å². The molecule has 0 amide bonds. The quantitative estimate of drug-likeness (QED) is 0.857. The van der Waals surface area contributed by atoms with Crippen molar-refractivity contribution >= 4 is 33.2 Å². The van der Waals surface area contributed by atoms with E-state index in [4.69, 9.17) is 11.6 Å². The van der Waals surface area contributed by atoms with E-state index >= 15 is 0 Å². The summed E-state index contributed by atoms with van der Waals surface area (Å²) in [6.07, 6.45) is 1.63. The van der Waals surface area contributed by atoms with Crippen molar-refractivity contribution in [3.05, 3.63) is 57.5 Å². The maximum atomic E-state index is 13.0. The molecule has 2 aromatic rings. The predicted molar refractivity (Wildman–Crippen MR) is 70.7 cm³/mol. The molecular weight excluding hydrogens is 307 g/mol. The van der Waals surface area contributed by atoms with E-state index in [1.807, 2.05) is 6.07 Å². The Balaban J connectivity index is 2.08. The van der Waals surface area contributed by atoms with Crippen LogP contribution in [0.1, 0.15) is 5.56 Å². The van der Waals surface area contributed by atoms with Crippen LogP contribution in [0, 0.1) is 5.82 Å². The summed E-state index contributed by atoms with van der Waals surface area (Å²) < 4.78 is 13.5. The molecule has 1 aromatic carbocycles. The zero-order valence-corrected chi connectivity index (χ0v) is 11.1. The molecule has 5 heteroatoms. The fraction of sp³-hybridized carbons (Fsp3) is 0.0833.